The zero-order valence-corrected chi connectivity index (χ0v) is 14.6. The lowest BCUT2D eigenvalue weighted by molar-refractivity contribution is 0.0736. The van der Waals surface area contributed by atoms with E-state index in [-0.39, 0.29) is 5.91 Å². The van der Waals surface area contributed by atoms with Crippen molar-refractivity contribution in [2.45, 2.75) is 6.61 Å². The Morgan fingerprint density at radius 1 is 1.12 bits per heavy atom. The van der Waals surface area contributed by atoms with Gasteiger partial charge in [-0.2, -0.15) is 0 Å². The second-order valence-corrected chi connectivity index (χ2v) is 6.45. The van der Waals surface area contributed by atoms with Gasteiger partial charge in [-0.1, -0.05) is 35.3 Å². The molecule has 6 heteroatoms. The number of hydrogen-bond donors (Lipinski definition) is 1. The monoisotopic (exact) mass is 364 g/mol. The van der Waals surface area contributed by atoms with Crippen LogP contribution in [0.1, 0.15) is 15.9 Å². The Balaban J connectivity index is 1.67. The van der Waals surface area contributed by atoms with E-state index < -0.39 is 0 Å². The van der Waals surface area contributed by atoms with Gasteiger partial charge in [-0.05, 0) is 35.9 Å². The van der Waals surface area contributed by atoms with Crippen LogP contribution in [0.25, 0.3) is 0 Å². The summed E-state index contributed by atoms with van der Waals surface area (Å²) in [5.41, 5.74) is 1.54. The molecule has 0 spiro atoms. The van der Waals surface area contributed by atoms with Gasteiger partial charge in [-0.15, -0.1) is 0 Å². The van der Waals surface area contributed by atoms with Crippen LogP contribution in [0.4, 0.5) is 0 Å². The molecule has 1 saturated heterocycles. The molecule has 2 aromatic rings. The van der Waals surface area contributed by atoms with Crippen LogP contribution in [-0.2, 0) is 6.61 Å². The molecule has 4 nitrogen and oxygen atoms in total. The molecule has 1 aliphatic rings. The van der Waals surface area contributed by atoms with Gasteiger partial charge in [-0.25, -0.2) is 0 Å². The Hall–Kier alpha value is -1.75. The molecule has 1 N–H and O–H groups in total. The number of carbonyl (C=O) groups excluding carboxylic acids is 1. The molecule has 0 unspecified atom stereocenters. The lowest BCUT2D eigenvalue weighted by Gasteiger charge is -2.27. The minimum absolute atomic E-state index is 0.000193. The fraction of sp³-hybridized carbons (Fsp3) is 0.278. The number of halogens is 2. The summed E-state index contributed by atoms with van der Waals surface area (Å²) in [5.74, 6) is 0.549. The Bertz CT molecular complexity index is 731. The highest BCUT2D eigenvalue weighted by molar-refractivity contribution is 6.32. The Labute approximate surface area is 151 Å². The molecule has 2 aromatic carbocycles. The number of nitrogens with zero attached hydrogens (tertiary/aromatic N) is 1. The predicted octanol–water partition coefficient (Wildman–Crippen LogP) is 3.62. The maximum absolute atomic E-state index is 12.5. The molecule has 0 aromatic heterocycles. The van der Waals surface area contributed by atoms with E-state index in [0.717, 1.165) is 18.7 Å². The highest BCUT2D eigenvalue weighted by Gasteiger charge is 2.18. The van der Waals surface area contributed by atoms with Gasteiger partial charge in [0.1, 0.15) is 12.4 Å². The molecule has 1 aliphatic heterocycles. The molecule has 126 valence electrons. The first-order chi connectivity index (χ1) is 11.6. The van der Waals surface area contributed by atoms with E-state index >= 15 is 0 Å². The van der Waals surface area contributed by atoms with Gasteiger partial charge in [-0.3, -0.25) is 4.79 Å². The number of benzene rings is 2. The first kappa shape index (κ1) is 17.1. The largest absolute Gasteiger partial charge is 0.487 e. The first-order valence-corrected chi connectivity index (χ1v) is 8.56. The minimum Gasteiger partial charge on any atom is -0.487 e. The number of carbonyl (C=O) groups is 1. The van der Waals surface area contributed by atoms with Crippen molar-refractivity contribution < 1.29 is 9.53 Å². The highest BCUT2D eigenvalue weighted by Crippen LogP contribution is 2.27. The standard InChI is InChI=1S/C18H18Cl2N2O2/c19-15-3-1-2-13(10-15)12-24-17-5-4-14(11-16(17)20)18(23)22-8-6-21-7-9-22/h1-5,10-11,21H,6-9,12H2. The summed E-state index contributed by atoms with van der Waals surface area (Å²) in [6.07, 6.45) is 0. The van der Waals surface area contributed by atoms with Crippen LogP contribution in [0.2, 0.25) is 10.0 Å². The van der Waals surface area contributed by atoms with E-state index in [9.17, 15) is 4.79 Å². The van der Waals surface area contributed by atoms with Crippen molar-refractivity contribution in [3.05, 3.63) is 63.6 Å². The van der Waals surface area contributed by atoms with Crippen LogP contribution in [-0.4, -0.2) is 37.0 Å². The third-order valence-electron chi connectivity index (χ3n) is 3.87. The van der Waals surface area contributed by atoms with Gasteiger partial charge in [0.2, 0.25) is 0 Å². The summed E-state index contributed by atoms with van der Waals surface area (Å²) >= 11 is 12.2. The summed E-state index contributed by atoms with van der Waals surface area (Å²) in [6.45, 7) is 3.43. The maximum Gasteiger partial charge on any atom is 0.253 e. The van der Waals surface area contributed by atoms with Gasteiger partial charge in [0.05, 0.1) is 5.02 Å². The number of nitrogens with one attached hydrogen (secondary N) is 1. The molecule has 1 fully saturated rings. The van der Waals surface area contributed by atoms with Gasteiger partial charge in [0.15, 0.2) is 0 Å². The topological polar surface area (TPSA) is 41.6 Å². The van der Waals surface area contributed by atoms with Crippen molar-refractivity contribution in [1.29, 1.82) is 0 Å². The Morgan fingerprint density at radius 2 is 1.92 bits per heavy atom. The molecule has 1 heterocycles. The van der Waals surface area contributed by atoms with Crippen LogP contribution in [0, 0.1) is 0 Å². The van der Waals surface area contributed by atoms with Gasteiger partial charge in [0, 0.05) is 36.8 Å². The smallest absolute Gasteiger partial charge is 0.253 e. The molecule has 0 bridgehead atoms. The maximum atomic E-state index is 12.5. The van der Waals surface area contributed by atoms with Gasteiger partial charge < -0.3 is 15.0 Å². The number of ether oxygens (including phenoxy) is 1. The summed E-state index contributed by atoms with van der Waals surface area (Å²) in [5, 5.41) is 4.32. The van der Waals surface area contributed by atoms with E-state index in [0.29, 0.717) is 41.1 Å². The molecule has 0 atom stereocenters. The minimum atomic E-state index is -0.000193. The average Bonchev–Trinajstić information content (AvgIpc) is 2.61. The third kappa shape index (κ3) is 4.20. The van der Waals surface area contributed by atoms with Crippen LogP contribution in [0.5, 0.6) is 5.75 Å². The normalized spacial score (nSPS) is 14.5. The van der Waals surface area contributed by atoms with Crippen molar-refractivity contribution in [1.82, 2.24) is 10.2 Å². The average molecular weight is 365 g/mol. The van der Waals surface area contributed by atoms with Crippen molar-refractivity contribution in [3.63, 3.8) is 0 Å². The molecular weight excluding hydrogens is 347 g/mol. The molecule has 0 aliphatic carbocycles. The molecular formula is C18H18Cl2N2O2. The molecule has 24 heavy (non-hydrogen) atoms. The Kier molecular flexibility index (Phi) is 5.61. The number of hydrogen-bond acceptors (Lipinski definition) is 3. The van der Waals surface area contributed by atoms with E-state index in [1.807, 2.05) is 29.2 Å². The van der Waals surface area contributed by atoms with Gasteiger partial charge >= 0.3 is 0 Å². The van der Waals surface area contributed by atoms with E-state index in [2.05, 4.69) is 5.32 Å². The lowest BCUT2D eigenvalue weighted by atomic mass is 10.1. The zero-order chi connectivity index (χ0) is 16.9. The summed E-state index contributed by atoms with van der Waals surface area (Å²) in [7, 11) is 0. The Morgan fingerprint density at radius 3 is 2.62 bits per heavy atom. The highest BCUT2D eigenvalue weighted by atomic mass is 35.5. The number of amides is 1. The molecule has 3 rings (SSSR count). The third-order valence-corrected chi connectivity index (χ3v) is 4.40. The van der Waals surface area contributed by atoms with Crippen LogP contribution >= 0.6 is 23.2 Å². The summed E-state index contributed by atoms with van der Waals surface area (Å²) in [6, 6.07) is 12.6. The number of piperazine rings is 1. The second kappa shape index (κ2) is 7.88. The van der Waals surface area contributed by atoms with Crippen molar-refractivity contribution in [2.75, 3.05) is 26.2 Å². The van der Waals surface area contributed by atoms with Gasteiger partial charge in [0.25, 0.3) is 5.91 Å². The predicted molar refractivity (Wildman–Crippen MR) is 96.0 cm³/mol. The van der Waals surface area contributed by atoms with Crippen molar-refractivity contribution in [2.24, 2.45) is 0 Å². The fourth-order valence-corrected chi connectivity index (χ4v) is 3.04. The van der Waals surface area contributed by atoms with Crippen LogP contribution in [0.15, 0.2) is 42.5 Å². The number of rotatable bonds is 4. The van der Waals surface area contributed by atoms with Crippen LogP contribution in [0.3, 0.4) is 0 Å². The lowest BCUT2D eigenvalue weighted by Crippen LogP contribution is -2.46. The molecule has 0 saturated carbocycles. The van der Waals surface area contributed by atoms with Crippen LogP contribution < -0.4 is 10.1 Å². The van der Waals surface area contributed by atoms with E-state index in [1.54, 1.807) is 18.2 Å². The SMILES string of the molecule is O=C(c1ccc(OCc2cccc(Cl)c2)c(Cl)c1)N1CCNCC1. The van der Waals surface area contributed by atoms with E-state index in [1.165, 1.54) is 0 Å². The first-order valence-electron chi connectivity index (χ1n) is 7.80. The fourth-order valence-electron chi connectivity index (χ4n) is 2.59. The molecule has 1 amide bonds. The summed E-state index contributed by atoms with van der Waals surface area (Å²) < 4.78 is 5.73. The quantitative estimate of drug-likeness (QED) is 0.900. The van der Waals surface area contributed by atoms with Crippen molar-refractivity contribution >= 4 is 29.1 Å². The zero-order valence-electron chi connectivity index (χ0n) is 13.1. The second-order valence-electron chi connectivity index (χ2n) is 5.61. The van der Waals surface area contributed by atoms with E-state index in [4.69, 9.17) is 27.9 Å². The van der Waals surface area contributed by atoms with Crippen molar-refractivity contribution in [3.8, 4) is 5.75 Å². The summed E-state index contributed by atoms with van der Waals surface area (Å²) in [4.78, 5) is 14.3. The molecule has 0 radical (unpaired) electrons.